The van der Waals surface area contributed by atoms with Gasteiger partial charge in [0.15, 0.2) is 0 Å². The predicted molar refractivity (Wildman–Crippen MR) is 76.4 cm³/mol. The number of likely N-dealkylation sites (N-methyl/N-ethyl adjacent to an activating group) is 2. The highest BCUT2D eigenvalue weighted by Crippen LogP contribution is 2.36. The van der Waals surface area contributed by atoms with E-state index in [1.54, 1.807) is 0 Å². The van der Waals surface area contributed by atoms with Crippen LogP contribution in [0.2, 0.25) is 0 Å². The van der Waals surface area contributed by atoms with Gasteiger partial charge in [0, 0.05) is 12.6 Å². The van der Waals surface area contributed by atoms with Crippen LogP contribution in [-0.4, -0.2) is 36.6 Å². The quantitative estimate of drug-likeness (QED) is 0.816. The Kier molecular flexibility index (Phi) is 5.19. The molecule has 0 aromatic carbocycles. The maximum Gasteiger partial charge on any atom is 0.116 e. The van der Waals surface area contributed by atoms with Crippen molar-refractivity contribution < 1.29 is 0 Å². The predicted octanol–water partition coefficient (Wildman–Crippen LogP) is 2.78. The molecule has 1 saturated carbocycles. The molecule has 0 aromatic heterocycles. The summed E-state index contributed by atoms with van der Waals surface area (Å²) in [7, 11) is 2.16. The van der Waals surface area contributed by atoms with E-state index in [9.17, 15) is 5.26 Å². The third-order valence-electron chi connectivity index (χ3n) is 4.31. The first-order valence-electron chi connectivity index (χ1n) is 7.18. The van der Waals surface area contributed by atoms with Crippen LogP contribution < -0.4 is 5.32 Å². The van der Waals surface area contributed by atoms with Gasteiger partial charge in [0.2, 0.25) is 0 Å². The molecule has 1 unspecified atom stereocenters. The van der Waals surface area contributed by atoms with Gasteiger partial charge < -0.3 is 4.90 Å². The molecule has 0 bridgehead atoms. The van der Waals surface area contributed by atoms with Crippen LogP contribution in [0.15, 0.2) is 0 Å². The second kappa shape index (κ2) is 6.04. The van der Waals surface area contributed by atoms with Crippen molar-refractivity contribution in [1.29, 1.82) is 5.26 Å². The van der Waals surface area contributed by atoms with E-state index >= 15 is 0 Å². The second-order valence-electron chi connectivity index (χ2n) is 6.78. The fraction of sp³-hybridized carbons (Fsp3) is 0.933. The maximum absolute atomic E-state index is 9.31. The number of hydrogen-bond donors (Lipinski definition) is 1. The summed E-state index contributed by atoms with van der Waals surface area (Å²) in [6, 6.07) is 3.06. The van der Waals surface area contributed by atoms with Crippen molar-refractivity contribution in [2.45, 2.75) is 65.0 Å². The Labute approximate surface area is 113 Å². The topological polar surface area (TPSA) is 39.1 Å². The van der Waals surface area contributed by atoms with Crippen LogP contribution in [0, 0.1) is 16.7 Å². The molecule has 3 nitrogen and oxygen atoms in total. The third kappa shape index (κ3) is 4.26. The summed E-state index contributed by atoms with van der Waals surface area (Å²) in [6.45, 7) is 10.4. The molecule has 0 heterocycles. The van der Waals surface area contributed by atoms with Gasteiger partial charge in [-0.15, -0.1) is 0 Å². The van der Waals surface area contributed by atoms with E-state index < -0.39 is 5.54 Å². The first kappa shape index (κ1) is 15.5. The molecular weight excluding hydrogens is 222 g/mol. The largest absolute Gasteiger partial charge is 0.301 e. The molecular formula is C15H29N3. The number of nitrogens with one attached hydrogen (secondary N) is 1. The van der Waals surface area contributed by atoms with E-state index in [1.165, 1.54) is 25.7 Å². The molecule has 1 atom stereocenters. The minimum absolute atomic E-state index is 0.420. The van der Waals surface area contributed by atoms with Crippen molar-refractivity contribution in [2.24, 2.45) is 5.41 Å². The van der Waals surface area contributed by atoms with Crippen LogP contribution in [-0.2, 0) is 0 Å². The fourth-order valence-corrected chi connectivity index (χ4v) is 2.97. The minimum atomic E-state index is -0.420. The zero-order valence-corrected chi connectivity index (χ0v) is 12.7. The number of nitrogens with zero attached hydrogens (tertiary/aromatic N) is 2. The summed E-state index contributed by atoms with van der Waals surface area (Å²) in [5.74, 6) is 0. The Hall–Kier alpha value is -0.590. The monoisotopic (exact) mass is 251 g/mol. The summed E-state index contributed by atoms with van der Waals surface area (Å²) in [5, 5.41) is 12.6. The first-order chi connectivity index (χ1) is 8.32. The van der Waals surface area contributed by atoms with E-state index in [1.807, 2.05) is 6.92 Å². The average Bonchev–Trinajstić information content (AvgIpc) is 2.29. The van der Waals surface area contributed by atoms with Crippen LogP contribution in [0.4, 0.5) is 0 Å². The highest BCUT2D eigenvalue weighted by atomic mass is 15.2. The lowest BCUT2D eigenvalue weighted by molar-refractivity contribution is 0.113. The van der Waals surface area contributed by atoms with Gasteiger partial charge in [-0.25, -0.2) is 0 Å². The summed E-state index contributed by atoms with van der Waals surface area (Å²) in [4.78, 5) is 2.38. The third-order valence-corrected chi connectivity index (χ3v) is 4.31. The molecule has 104 valence electrons. The Morgan fingerprint density at radius 2 is 1.94 bits per heavy atom. The zero-order valence-electron chi connectivity index (χ0n) is 12.7. The molecule has 1 rings (SSSR count). The molecule has 1 aliphatic rings. The Balaban J connectivity index is 2.51. The summed E-state index contributed by atoms with van der Waals surface area (Å²) >= 11 is 0. The highest BCUT2D eigenvalue weighted by molar-refractivity contribution is 5.06. The molecule has 0 amide bonds. The van der Waals surface area contributed by atoms with Crippen molar-refractivity contribution in [2.75, 3.05) is 20.1 Å². The van der Waals surface area contributed by atoms with Crippen LogP contribution in [0.5, 0.6) is 0 Å². The molecule has 0 saturated heterocycles. The van der Waals surface area contributed by atoms with Gasteiger partial charge >= 0.3 is 0 Å². The van der Waals surface area contributed by atoms with Crippen molar-refractivity contribution in [3.63, 3.8) is 0 Å². The fourth-order valence-electron chi connectivity index (χ4n) is 2.97. The van der Waals surface area contributed by atoms with Crippen LogP contribution in [0.25, 0.3) is 0 Å². The Bertz CT molecular complexity index is 295. The molecule has 0 aliphatic heterocycles. The van der Waals surface area contributed by atoms with Gasteiger partial charge in [-0.3, -0.25) is 5.32 Å². The van der Waals surface area contributed by atoms with Gasteiger partial charge in [-0.2, -0.15) is 5.26 Å². The van der Waals surface area contributed by atoms with Crippen LogP contribution >= 0.6 is 0 Å². The van der Waals surface area contributed by atoms with E-state index in [2.05, 4.69) is 44.1 Å². The molecule has 1 fully saturated rings. The SMILES string of the molecule is CCNC(C)(C#N)CN(C)C1CCC(C)(C)CC1. The van der Waals surface area contributed by atoms with E-state index in [4.69, 9.17) is 0 Å². The van der Waals surface area contributed by atoms with Crippen molar-refractivity contribution in [1.82, 2.24) is 10.2 Å². The minimum Gasteiger partial charge on any atom is -0.301 e. The standard InChI is InChI=1S/C15H29N3/c1-6-17-15(4,11-16)12-18(5)13-7-9-14(2,3)10-8-13/h13,17H,6-10,12H2,1-5H3. The first-order valence-corrected chi connectivity index (χ1v) is 7.18. The molecule has 0 aromatic rings. The summed E-state index contributed by atoms with van der Waals surface area (Å²) < 4.78 is 0. The highest BCUT2D eigenvalue weighted by Gasteiger charge is 2.32. The van der Waals surface area contributed by atoms with Gasteiger partial charge in [-0.1, -0.05) is 20.8 Å². The Morgan fingerprint density at radius 3 is 2.39 bits per heavy atom. The van der Waals surface area contributed by atoms with Gasteiger partial charge in [-0.05, 0) is 51.6 Å². The van der Waals surface area contributed by atoms with Crippen molar-refractivity contribution >= 4 is 0 Å². The summed E-state index contributed by atoms with van der Waals surface area (Å²) in [6.07, 6.45) is 5.12. The van der Waals surface area contributed by atoms with Gasteiger partial charge in [0.25, 0.3) is 0 Å². The van der Waals surface area contributed by atoms with E-state index in [0.717, 1.165) is 13.1 Å². The van der Waals surface area contributed by atoms with Crippen LogP contribution in [0.3, 0.4) is 0 Å². The number of nitriles is 1. The van der Waals surface area contributed by atoms with Gasteiger partial charge in [0.05, 0.1) is 6.07 Å². The molecule has 18 heavy (non-hydrogen) atoms. The molecule has 1 N–H and O–H groups in total. The summed E-state index contributed by atoms with van der Waals surface area (Å²) in [5.41, 5.74) is 0.0913. The normalized spacial score (nSPS) is 23.6. The lowest BCUT2D eigenvalue weighted by Gasteiger charge is -2.40. The molecule has 0 radical (unpaired) electrons. The average molecular weight is 251 g/mol. The van der Waals surface area contributed by atoms with Crippen molar-refractivity contribution in [3.05, 3.63) is 0 Å². The smallest absolute Gasteiger partial charge is 0.116 e. The zero-order chi connectivity index (χ0) is 13.8. The Morgan fingerprint density at radius 1 is 1.39 bits per heavy atom. The number of rotatable bonds is 5. The second-order valence-corrected chi connectivity index (χ2v) is 6.78. The lowest BCUT2D eigenvalue weighted by atomic mass is 9.75. The molecule has 0 spiro atoms. The van der Waals surface area contributed by atoms with E-state index in [-0.39, 0.29) is 0 Å². The molecule has 3 heteroatoms. The number of hydrogen-bond acceptors (Lipinski definition) is 3. The lowest BCUT2D eigenvalue weighted by Crippen LogP contribution is -2.52. The van der Waals surface area contributed by atoms with E-state index in [0.29, 0.717) is 11.5 Å². The van der Waals surface area contributed by atoms with Gasteiger partial charge in [0.1, 0.15) is 5.54 Å². The van der Waals surface area contributed by atoms with Crippen molar-refractivity contribution in [3.8, 4) is 6.07 Å². The molecule has 1 aliphatic carbocycles. The maximum atomic E-state index is 9.31. The van der Waals surface area contributed by atoms with Crippen LogP contribution in [0.1, 0.15) is 53.4 Å².